The van der Waals surface area contributed by atoms with Crippen LogP contribution in [0.2, 0.25) is 0 Å². The maximum absolute atomic E-state index is 12.4. The summed E-state index contributed by atoms with van der Waals surface area (Å²) < 4.78 is 11.4. The average Bonchev–Trinajstić information content (AvgIpc) is 2.94. The number of nitrogens with zero attached hydrogens (tertiary/aromatic N) is 1. The van der Waals surface area contributed by atoms with Crippen molar-refractivity contribution in [3.8, 4) is 0 Å². The van der Waals surface area contributed by atoms with E-state index in [0.717, 1.165) is 12.8 Å². The maximum Gasteiger partial charge on any atom is 0.326 e. The van der Waals surface area contributed by atoms with Gasteiger partial charge in [-0.1, -0.05) is 13.8 Å². The van der Waals surface area contributed by atoms with Crippen molar-refractivity contribution in [2.75, 3.05) is 26.3 Å². The Balaban J connectivity index is 1.85. The predicted octanol–water partition coefficient (Wildman–Crippen LogP) is 0.829. The first-order chi connectivity index (χ1) is 10.8. The third kappa shape index (κ3) is 4.65. The fraction of sp³-hybridized carbons (Fsp3) is 0.875. The molecule has 132 valence electrons. The van der Waals surface area contributed by atoms with Crippen molar-refractivity contribution in [1.82, 2.24) is 10.2 Å². The largest absolute Gasteiger partial charge is 0.480 e. The van der Waals surface area contributed by atoms with Gasteiger partial charge in [-0.15, -0.1) is 0 Å². The molecule has 2 heterocycles. The van der Waals surface area contributed by atoms with Crippen LogP contribution >= 0.6 is 0 Å². The molecule has 2 saturated heterocycles. The summed E-state index contributed by atoms with van der Waals surface area (Å²) in [7, 11) is 0. The van der Waals surface area contributed by atoms with Crippen molar-refractivity contribution >= 4 is 11.9 Å². The number of hydrogen-bond donors (Lipinski definition) is 2. The van der Waals surface area contributed by atoms with Crippen molar-refractivity contribution in [3.63, 3.8) is 0 Å². The van der Waals surface area contributed by atoms with E-state index in [4.69, 9.17) is 9.47 Å². The third-order valence-corrected chi connectivity index (χ3v) is 4.62. The smallest absolute Gasteiger partial charge is 0.326 e. The zero-order chi connectivity index (χ0) is 17.0. The number of carbonyl (C=O) groups excluding carboxylic acids is 1. The van der Waals surface area contributed by atoms with Crippen molar-refractivity contribution in [2.24, 2.45) is 5.92 Å². The van der Waals surface area contributed by atoms with Crippen molar-refractivity contribution in [3.05, 3.63) is 0 Å². The lowest BCUT2D eigenvalue weighted by Gasteiger charge is -2.39. The van der Waals surface area contributed by atoms with Crippen LogP contribution in [0.1, 0.15) is 40.0 Å². The summed E-state index contributed by atoms with van der Waals surface area (Å²) in [6, 6.07) is -1.19. The number of carbonyl (C=O) groups is 2. The fourth-order valence-corrected chi connectivity index (χ4v) is 3.19. The Morgan fingerprint density at radius 2 is 1.74 bits per heavy atom. The molecule has 0 bridgehead atoms. The molecule has 0 aromatic carbocycles. The number of ether oxygens (including phenoxy) is 2. The van der Waals surface area contributed by atoms with Gasteiger partial charge in [0.1, 0.15) is 6.04 Å². The first-order valence-corrected chi connectivity index (χ1v) is 8.38. The Labute approximate surface area is 137 Å². The molecule has 7 heteroatoms. The molecule has 0 aliphatic carbocycles. The molecule has 1 amide bonds. The van der Waals surface area contributed by atoms with Crippen LogP contribution in [0.4, 0.5) is 0 Å². The molecule has 0 aromatic rings. The number of nitrogens with one attached hydrogen (secondary N) is 1. The molecule has 2 fully saturated rings. The van der Waals surface area contributed by atoms with Gasteiger partial charge in [0, 0.05) is 25.9 Å². The molecule has 0 radical (unpaired) electrons. The van der Waals surface area contributed by atoms with Crippen molar-refractivity contribution in [1.29, 1.82) is 0 Å². The molecule has 2 aliphatic rings. The second kappa shape index (κ2) is 7.59. The van der Waals surface area contributed by atoms with E-state index >= 15 is 0 Å². The van der Waals surface area contributed by atoms with Gasteiger partial charge in [0.2, 0.25) is 5.91 Å². The van der Waals surface area contributed by atoms with Crippen LogP contribution in [-0.4, -0.2) is 66.1 Å². The van der Waals surface area contributed by atoms with Crippen molar-refractivity contribution in [2.45, 2.75) is 57.9 Å². The lowest BCUT2D eigenvalue weighted by atomic mass is 10.0. The number of carboxylic acids is 1. The summed E-state index contributed by atoms with van der Waals surface area (Å²) in [6.45, 7) is 8.37. The van der Waals surface area contributed by atoms with E-state index in [1.165, 1.54) is 0 Å². The van der Waals surface area contributed by atoms with Gasteiger partial charge in [0.05, 0.1) is 19.3 Å². The van der Waals surface area contributed by atoms with E-state index in [-0.39, 0.29) is 17.9 Å². The fourth-order valence-electron chi connectivity index (χ4n) is 3.19. The highest BCUT2D eigenvalue weighted by molar-refractivity contribution is 5.86. The first kappa shape index (κ1) is 18.2. The van der Waals surface area contributed by atoms with Crippen molar-refractivity contribution < 1.29 is 24.2 Å². The van der Waals surface area contributed by atoms with Crippen LogP contribution in [0, 0.1) is 5.92 Å². The number of hydrogen-bond acceptors (Lipinski definition) is 5. The van der Waals surface area contributed by atoms with Crippen LogP contribution in [0.25, 0.3) is 0 Å². The SMILES string of the molecule is CC(C)CC(NC(=O)C(C)N1CCC2(CC1)OCCO2)C(=O)O. The molecular weight excluding hydrogens is 300 g/mol. The second-order valence-electron chi connectivity index (χ2n) is 6.85. The van der Waals surface area contributed by atoms with Gasteiger partial charge in [-0.3, -0.25) is 9.69 Å². The van der Waals surface area contributed by atoms with Gasteiger partial charge in [-0.05, 0) is 19.3 Å². The molecule has 2 rings (SSSR count). The Morgan fingerprint density at radius 3 is 2.22 bits per heavy atom. The highest BCUT2D eigenvalue weighted by Crippen LogP contribution is 2.31. The third-order valence-electron chi connectivity index (χ3n) is 4.62. The van der Waals surface area contributed by atoms with Crippen LogP contribution < -0.4 is 5.32 Å². The Morgan fingerprint density at radius 1 is 1.17 bits per heavy atom. The quantitative estimate of drug-likeness (QED) is 0.751. The number of aliphatic carboxylic acids is 1. The minimum absolute atomic E-state index is 0.207. The topological polar surface area (TPSA) is 88.1 Å². The average molecular weight is 328 g/mol. The van der Waals surface area contributed by atoms with E-state index in [2.05, 4.69) is 10.2 Å². The van der Waals surface area contributed by atoms with Gasteiger partial charge >= 0.3 is 5.97 Å². The predicted molar refractivity (Wildman–Crippen MR) is 83.9 cm³/mol. The second-order valence-corrected chi connectivity index (χ2v) is 6.85. The lowest BCUT2D eigenvalue weighted by molar-refractivity contribution is -0.188. The standard InChI is InChI=1S/C16H28N2O5/c1-11(2)10-13(15(20)21)17-14(19)12(3)18-6-4-16(5-7-18)22-8-9-23-16/h11-13H,4-10H2,1-3H3,(H,17,19)(H,20,21). The number of rotatable bonds is 6. The summed E-state index contributed by atoms with van der Waals surface area (Å²) in [5, 5.41) is 11.9. The normalized spacial score (nSPS) is 23.8. The van der Waals surface area contributed by atoms with Gasteiger partial charge in [0.15, 0.2) is 5.79 Å². The number of likely N-dealkylation sites (tertiary alicyclic amines) is 1. The Kier molecular flexibility index (Phi) is 6.00. The molecule has 7 nitrogen and oxygen atoms in total. The zero-order valence-electron chi connectivity index (χ0n) is 14.2. The Hall–Kier alpha value is -1.18. The highest BCUT2D eigenvalue weighted by atomic mass is 16.7. The monoisotopic (exact) mass is 328 g/mol. The van der Waals surface area contributed by atoms with Gasteiger partial charge in [-0.25, -0.2) is 4.79 Å². The Bertz CT molecular complexity index is 424. The van der Waals surface area contributed by atoms with Crippen LogP contribution in [0.15, 0.2) is 0 Å². The number of amides is 1. The molecule has 1 spiro atoms. The first-order valence-electron chi connectivity index (χ1n) is 8.38. The molecule has 0 aromatic heterocycles. The minimum Gasteiger partial charge on any atom is -0.480 e. The van der Waals surface area contributed by atoms with Crippen LogP contribution in [0.3, 0.4) is 0 Å². The summed E-state index contributed by atoms with van der Waals surface area (Å²) in [5.74, 6) is -1.47. The van der Waals surface area contributed by atoms with Gasteiger partial charge in [0.25, 0.3) is 0 Å². The summed E-state index contributed by atoms with van der Waals surface area (Å²) in [4.78, 5) is 25.7. The van der Waals surface area contributed by atoms with E-state index in [0.29, 0.717) is 32.7 Å². The zero-order valence-corrected chi connectivity index (χ0v) is 14.2. The van der Waals surface area contributed by atoms with E-state index < -0.39 is 17.8 Å². The molecule has 0 saturated carbocycles. The summed E-state index contributed by atoms with van der Waals surface area (Å²) in [5.41, 5.74) is 0. The molecule has 2 atom stereocenters. The van der Waals surface area contributed by atoms with Crippen LogP contribution in [-0.2, 0) is 19.1 Å². The lowest BCUT2D eigenvalue weighted by Crippen LogP contribution is -2.54. The summed E-state index contributed by atoms with van der Waals surface area (Å²) >= 11 is 0. The van der Waals surface area contributed by atoms with Gasteiger partial charge < -0.3 is 19.9 Å². The molecular formula is C16H28N2O5. The highest BCUT2D eigenvalue weighted by Gasteiger charge is 2.41. The number of carboxylic acid groups (broad SMARTS) is 1. The minimum atomic E-state index is -0.982. The van der Waals surface area contributed by atoms with E-state index in [1.807, 2.05) is 20.8 Å². The molecule has 23 heavy (non-hydrogen) atoms. The van der Waals surface area contributed by atoms with E-state index in [9.17, 15) is 14.7 Å². The maximum atomic E-state index is 12.4. The molecule has 2 aliphatic heterocycles. The number of piperidine rings is 1. The van der Waals surface area contributed by atoms with Crippen LogP contribution in [0.5, 0.6) is 0 Å². The van der Waals surface area contributed by atoms with Gasteiger partial charge in [-0.2, -0.15) is 0 Å². The van der Waals surface area contributed by atoms with E-state index in [1.54, 1.807) is 0 Å². The molecule has 2 unspecified atom stereocenters. The molecule has 2 N–H and O–H groups in total. The summed E-state index contributed by atoms with van der Waals surface area (Å²) in [6.07, 6.45) is 1.90.